The molecule has 34 heavy (non-hydrogen) atoms. The number of nitrogens with zero attached hydrogens (tertiary/aromatic N) is 4. The van der Waals surface area contributed by atoms with Gasteiger partial charge in [-0.2, -0.15) is 5.10 Å². The third-order valence-electron chi connectivity index (χ3n) is 5.46. The molecule has 0 aliphatic carbocycles. The Balaban J connectivity index is 1.50. The number of ether oxygens (including phenoxy) is 1. The first-order valence-corrected chi connectivity index (χ1v) is 10.9. The van der Waals surface area contributed by atoms with Gasteiger partial charge in [-0.05, 0) is 48.9 Å². The number of benzene rings is 2. The number of nitrogens with two attached hydrogens (primary N) is 1. The highest BCUT2D eigenvalue weighted by Gasteiger charge is 2.14. The van der Waals surface area contributed by atoms with Gasteiger partial charge in [0.2, 0.25) is 0 Å². The molecular weight excluding hydrogens is 428 g/mol. The summed E-state index contributed by atoms with van der Waals surface area (Å²) in [7, 11) is 5.74. The first kappa shape index (κ1) is 22.8. The van der Waals surface area contributed by atoms with Crippen LogP contribution >= 0.6 is 0 Å². The zero-order valence-corrected chi connectivity index (χ0v) is 19.7. The number of hydrogen-bond acceptors (Lipinski definition) is 6. The van der Waals surface area contributed by atoms with E-state index in [-0.39, 0.29) is 12.0 Å². The van der Waals surface area contributed by atoms with Crippen LogP contribution in [-0.4, -0.2) is 34.8 Å². The summed E-state index contributed by atoms with van der Waals surface area (Å²) in [6, 6.07) is 16.9. The maximum absolute atomic E-state index is 12.8. The van der Waals surface area contributed by atoms with Crippen LogP contribution in [0.5, 0.6) is 5.75 Å². The molecule has 2 heterocycles. The van der Waals surface area contributed by atoms with Crippen molar-refractivity contribution in [1.29, 1.82) is 0 Å². The quantitative estimate of drug-likeness (QED) is 0.424. The Labute approximate surface area is 199 Å². The molecule has 0 bridgehead atoms. The lowest BCUT2D eigenvalue weighted by Gasteiger charge is -2.18. The van der Waals surface area contributed by atoms with Gasteiger partial charge >= 0.3 is 0 Å². The lowest BCUT2D eigenvalue weighted by molar-refractivity contribution is 0.102. The van der Waals surface area contributed by atoms with Crippen molar-refractivity contribution < 1.29 is 9.53 Å². The van der Waals surface area contributed by atoms with Gasteiger partial charge < -0.3 is 20.7 Å². The molecule has 0 spiro atoms. The predicted octanol–water partition coefficient (Wildman–Crippen LogP) is 4.52. The predicted molar refractivity (Wildman–Crippen MR) is 135 cm³/mol. The first-order chi connectivity index (χ1) is 16.3. The average Bonchev–Trinajstić information content (AvgIpc) is 3.27. The summed E-state index contributed by atoms with van der Waals surface area (Å²) >= 11 is 0. The lowest BCUT2D eigenvalue weighted by Crippen LogP contribution is -2.14. The van der Waals surface area contributed by atoms with Crippen molar-refractivity contribution in [3.05, 3.63) is 84.3 Å². The number of anilines is 3. The van der Waals surface area contributed by atoms with Crippen LogP contribution in [0, 0.1) is 0 Å². The number of nitrogen functional groups attached to an aromatic ring is 1. The Hall–Kier alpha value is -4.33. The van der Waals surface area contributed by atoms with Crippen LogP contribution in [0.2, 0.25) is 0 Å². The molecule has 8 heteroatoms. The number of pyridine rings is 1. The summed E-state index contributed by atoms with van der Waals surface area (Å²) < 4.78 is 7.88. The van der Waals surface area contributed by atoms with E-state index in [2.05, 4.69) is 15.4 Å². The minimum absolute atomic E-state index is 0.174. The standard InChI is InChI=1S/C26H28N6O2/c1-17(34-24-13-20(14-28-25(24)27)21-15-29-32(4)16-21)18-7-5-9-22(11-18)30-26(33)19-8-6-10-23(12-19)31(2)3/h5-17H,1-4H3,(H2,27,28)(H,30,33)/t17-/m1/s1. The number of nitrogens with one attached hydrogen (secondary N) is 1. The molecule has 8 nitrogen and oxygen atoms in total. The van der Waals surface area contributed by atoms with Crippen molar-refractivity contribution in [3.8, 4) is 16.9 Å². The maximum atomic E-state index is 12.8. The van der Waals surface area contributed by atoms with Crippen LogP contribution in [0.3, 0.4) is 0 Å². The minimum atomic E-state index is -0.317. The van der Waals surface area contributed by atoms with Crippen molar-refractivity contribution in [1.82, 2.24) is 14.8 Å². The fourth-order valence-corrected chi connectivity index (χ4v) is 3.53. The molecule has 0 aliphatic heterocycles. The van der Waals surface area contributed by atoms with Gasteiger partial charge in [-0.3, -0.25) is 9.48 Å². The number of carbonyl (C=O) groups excluding carboxylic acids is 1. The second kappa shape index (κ2) is 9.66. The third-order valence-corrected chi connectivity index (χ3v) is 5.46. The molecule has 0 saturated carbocycles. The monoisotopic (exact) mass is 456 g/mol. The summed E-state index contributed by atoms with van der Waals surface area (Å²) in [6.45, 7) is 1.93. The molecule has 0 fully saturated rings. The van der Waals surface area contributed by atoms with E-state index in [1.54, 1.807) is 23.1 Å². The Kier molecular flexibility index (Phi) is 6.49. The normalized spacial score (nSPS) is 11.6. The van der Waals surface area contributed by atoms with Gasteiger partial charge in [-0.25, -0.2) is 4.98 Å². The molecule has 2 aromatic carbocycles. The van der Waals surface area contributed by atoms with E-state index in [1.807, 2.05) is 87.7 Å². The van der Waals surface area contributed by atoms with Crippen molar-refractivity contribution in [3.63, 3.8) is 0 Å². The number of amides is 1. The minimum Gasteiger partial charge on any atom is -0.482 e. The Morgan fingerprint density at radius 3 is 2.62 bits per heavy atom. The van der Waals surface area contributed by atoms with E-state index in [1.165, 1.54) is 0 Å². The van der Waals surface area contributed by atoms with Crippen molar-refractivity contribution in [2.45, 2.75) is 13.0 Å². The molecule has 0 radical (unpaired) electrons. The van der Waals surface area contributed by atoms with Gasteiger partial charge in [0, 0.05) is 61.6 Å². The molecule has 1 amide bonds. The molecule has 0 unspecified atom stereocenters. The second-order valence-electron chi connectivity index (χ2n) is 8.29. The fourth-order valence-electron chi connectivity index (χ4n) is 3.53. The number of rotatable bonds is 7. The highest BCUT2D eigenvalue weighted by Crippen LogP contribution is 2.31. The number of hydrogen-bond donors (Lipinski definition) is 2. The zero-order valence-electron chi connectivity index (χ0n) is 19.7. The van der Waals surface area contributed by atoms with Crippen LogP contribution in [0.4, 0.5) is 17.2 Å². The van der Waals surface area contributed by atoms with Gasteiger partial charge in [0.1, 0.15) is 6.10 Å². The first-order valence-electron chi connectivity index (χ1n) is 10.9. The van der Waals surface area contributed by atoms with Crippen LogP contribution in [0.15, 0.2) is 73.2 Å². The van der Waals surface area contributed by atoms with E-state index >= 15 is 0 Å². The van der Waals surface area contributed by atoms with Gasteiger partial charge in [-0.1, -0.05) is 18.2 Å². The highest BCUT2D eigenvalue weighted by atomic mass is 16.5. The molecule has 3 N–H and O–H groups in total. The zero-order chi connectivity index (χ0) is 24.2. The lowest BCUT2D eigenvalue weighted by atomic mass is 10.1. The Morgan fingerprint density at radius 1 is 1.09 bits per heavy atom. The molecule has 1 atom stereocenters. The van der Waals surface area contributed by atoms with E-state index in [4.69, 9.17) is 10.5 Å². The van der Waals surface area contributed by atoms with Crippen molar-refractivity contribution >= 4 is 23.1 Å². The maximum Gasteiger partial charge on any atom is 0.255 e. The molecule has 4 aromatic rings. The second-order valence-corrected chi connectivity index (χ2v) is 8.29. The Bertz CT molecular complexity index is 1310. The summed E-state index contributed by atoms with van der Waals surface area (Å²) in [5, 5.41) is 7.17. The summed E-state index contributed by atoms with van der Waals surface area (Å²) in [4.78, 5) is 19.0. The average molecular weight is 457 g/mol. The van der Waals surface area contributed by atoms with E-state index in [0.717, 1.165) is 22.4 Å². The summed E-state index contributed by atoms with van der Waals surface area (Å²) in [5.41, 5.74) is 11.0. The molecule has 0 aliphatic rings. The number of aryl methyl sites for hydroxylation is 1. The SMILES string of the molecule is C[C@@H](Oc1cc(-c2cnn(C)c2)cnc1N)c1cccc(NC(=O)c2cccc(N(C)C)c2)c1. The van der Waals surface area contributed by atoms with Crippen LogP contribution < -0.4 is 20.7 Å². The van der Waals surface area contributed by atoms with Crippen LogP contribution in [-0.2, 0) is 7.05 Å². The topological polar surface area (TPSA) is 98.3 Å². The molecule has 0 saturated heterocycles. The van der Waals surface area contributed by atoms with Gasteiger partial charge in [0.25, 0.3) is 5.91 Å². The van der Waals surface area contributed by atoms with E-state index in [0.29, 0.717) is 22.8 Å². The van der Waals surface area contributed by atoms with Crippen molar-refractivity contribution in [2.75, 3.05) is 30.0 Å². The van der Waals surface area contributed by atoms with Gasteiger partial charge in [0.15, 0.2) is 11.6 Å². The largest absolute Gasteiger partial charge is 0.482 e. The third kappa shape index (κ3) is 5.17. The molecule has 4 rings (SSSR count). The molecule has 2 aromatic heterocycles. The number of carbonyl (C=O) groups is 1. The Morgan fingerprint density at radius 2 is 1.88 bits per heavy atom. The van der Waals surface area contributed by atoms with Crippen LogP contribution in [0.25, 0.3) is 11.1 Å². The van der Waals surface area contributed by atoms with E-state index < -0.39 is 0 Å². The summed E-state index contributed by atoms with van der Waals surface area (Å²) in [5.74, 6) is 0.626. The summed E-state index contributed by atoms with van der Waals surface area (Å²) in [6.07, 6.45) is 5.05. The van der Waals surface area contributed by atoms with Crippen LogP contribution in [0.1, 0.15) is 28.9 Å². The van der Waals surface area contributed by atoms with Gasteiger partial charge in [-0.15, -0.1) is 0 Å². The highest BCUT2D eigenvalue weighted by molar-refractivity contribution is 6.04. The molecule has 174 valence electrons. The number of aromatic nitrogens is 3. The molecular formula is C26H28N6O2. The smallest absolute Gasteiger partial charge is 0.255 e. The van der Waals surface area contributed by atoms with Crippen molar-refractivity contribution in [2.24, 2.45) is 7.05 Å². The van der Waals surface area contributed by atoms with E-state index in [9.17, 15) is 4.79 Å². The fraction of sp³-hybridized carbons (Fsp3) is 0.192. The van der Waals surface area contributed by atoms with Gasteiger partial charge in [0.05, 0.1) is 6.20 Å².